The summed E-state index contributed by atoms with van der Waals surface area (Å²) < 4.78 is 0. The van der Waals surface area contributed by atoms with Gasteiger partial charge in [0.2, 0.25) is 0 Å². The second-order valence-corrected chi connectivity index (χ2v) is 5.02. The molecule has 0 amide bonds. The Morgan fingerprint density at radius 2 is 1.81 bits per heavy atom. The predicted octanol–water partition coefficient (Wildman–Crippen LogP) is 3.87. The average molecular weight is 224 g/mol. The number of hydrogen-bond acceptors (Lipinski definition) is 2. The van der Waals surface area contributed by atoms with Crippen LogP contribution in [-0.4, -0.2) is 12.6 Å². The number of unbranched alkanes of at least 4 members (excludes halogenated alkanes) is 3. The Balaban J connectivity index is 3.23. The number of nitrogens with zero attached hydrogens (tertiary/aromatic N) is 1. The van der Waals surface area contributed by atoms with Crippen molar-refractivity contribution in [3.63, 3.8) is 0 Å². The summed E-state index contributed by atoms with van der Waals surface area (Å²) in [6.07, 6.45) is 8.36. The van der Waals surface area contributed by atoms with E-state index >= 15 is 0 Å². The third-order valence-corrected chi connectivity index (χ3v) is 2.97. The highest BCUT2D eigenvalue weighted by molar-refractivity contribution is 4.79. The molecular weight excluding hydrogens is 196 g/mol. The molecule has 0 aromatic heterocycles. The fourth-order valence-corrected chi connectivity index (χ4v) is 1.81. The van der Waals surface area contributed by atoms with E-state index in [4.69, 9.17) is 5.26 Å². The summed E-state index contributed by atoms with van der Waals surface area (Å²) in [5.41, 5.74) is 0. The summed E-state index contributed by atoms with van der Waals surface area (Å²) in [7, 11) is 0. The van der Waals surface area contributed by atoms with Gasteiger partial charge in [-0.1, -0.05) is 46.5 Å². The SMILES string of the molecule is CCC(CC#N)NCCCCCCC(C)C. The topological polar surface area (TPSA) is 35.8 Å². The van der Waals surface area contributed by atoms with Crippen LogP contribution in [0.15, 0.2) is 0 Å². The maximum atomic E-state index is 8.60. The molecular formula is C14H28N2. The molecule has 0 radical (unpaired) electrons. The molecule has 0 rings (SSSR count). The van der Waals surface area contributed by atoms with Crippen molar-refractivity contribution in [2.45, 2.75) is 71.8 Å². The van der Waals surface area contributed by atoms with Crippen LogP contribution in [0.2, 0.25) is 0 Å². The molecule has 0 saturated heterocycles. The molecule has 0 spiro atoms. The maximum Gasteiger partial charge on any atom is 0.0638 e. The summed E-state index contributed by atoms with van der Waals surface area (Å²) in [5, 5.41) is 12.0. The Morgan fingerprint density at radius 3 is 2.38 bits per heavy atom. The molecule has 2 heteroatoms. The second-order valence-electron chi connectivity index (χ2n) is 5.02. The highest BCUT2D eigenvalue weighted by atomic mass is 14.9. The van der Waals surface area contributed by atoms with Crippen LogP contribution >= 0.6 is 0 Å². The lowest BCUT2D eigenvalue weighted by atomic mass is 10.0. The van der Waals surface area contributed by atoms with Gasteiger partial charge < -0.3 is 5.32 Å². The van der Waals surface area contributed by atoms with Gasteiger partial charge in [0.25, 0.3) is 0 Å². The van der Waals surface area contributed by atoms with Crippen molar-refractivity contribution in [3.8, 4) is 6.07 Å². The normalized spacial score (nSPS) is 12.7. The minimum Gasteiger partial charge on any atom is -0.313 e. The van der Waals surface area contributed by atoms with Crippen molar-refractivity contribution < 1.29 is 0 Å². The van der Waals surface area contributed by atoms with E-state index in [0.717, 1.165) is 18.9 Å². The van der Waals surface area contributed by atoms with Gasteiger partial charge in [-0.25, -0.2) is 0 Å². The molecule has 0 aromatic rings. The summed E-state index contributed by atoms with van der Waals surface area (Å²) >= 11 is 0. The van der Waals surface area contributed by atoms with Gasteiger partial charge in [-0.2, -0.15) is 5.26 Å². The van der Waals surface area contributed by atoms with Gasteiger partial charge in [0.15, 0.2) is 0 Å². The lowest BCUT2D eigenvalue weighted by Gasteiger charge is -2.13. The summed E-state index contributed by atoms with van der Waals surface area (Å²) in [4.78, 5) is 0. The quantitative estimate of drug-likeness (QED) is 0.572. The number of nitrogens with one attached hydrogen (secondary N) is 1. The first kappa shape index (κ1) is 15.4. The van der Waals surface area contributed by atoms with E-state index in [0.29, 0.717) is 12.5 Å². The summed E-state index contributed by atoms with van der Waals surface area (Å²) in [6.45, 7) is 7.78. The van der Waals surface area contributed by atoms with E-state index in [1.165, 1.54) is 32.1 Å². The van der Waals surface area contributed by atoms with Crippen LogP contribution in [-0.2, 0) is 0 Å². The van der Waals surface area contributed by atoms with Crippen molar-refractivity contribution in [1.82, 2.24) is 5.32 Å². The molecule has 0 aliphatic rings. The molecule has 1 N–H and O–H groups in total. The van der Waals surface area contributed by atoms with Gasteiger partial charge in [-0.15, -0.1) is 0 Å². The Kier molecular flexibility index (Phi) is 10.6. The molecule has 1 unspecified atom stereocenters. The lowest BCUT2D eigenvalue weighted by molar-refractivity contribution is 0.474. The van der Waals surface area contributed by atoms with Crippen LogP contribution in [0.5, 0.6) is 0 Å². The van der Waals surface area contributed by atoms with Gasteiger partial charge in [-0.3, -0.25) is 0 Å². The molecule has 1 atom stereocenters. The highest BCUT2D eigenvalue weighted by Crippen LogP contribution is 2.09. The molecule has 0 aliphatic carbocycles. The maximum absolute atomic E-state index is 8.60. The Labute approximate surface area is 101 Å². The third kappa shape index (κ3) is 9.98. The minimum atomic E-state index is 0.403. The van der Waals surface area contributed by atoms with Crippen LogP contribution in [0.25, 0.3) is 0 Å². The van der Waals surface area contributed by atoms with E-state index in [9.17, 15) is 0 Å². The van der Waals surface area contributed by atoms with Gasteiger partial charge in [0.05, 0.1) is 12.5 Å². The summed E-state index contributed by atoms with van der Waals surface area (Å²) in [6, 6.07) is 2.63. The van der Waals surface area contributed by atoms with Gasteiger partial charge in [0, 0.05) is 6.04 Å². The van der Waals surface area contributed by atoms with Crippen molar-refractivity contribution in [2.75, 3.05) is 6.54 Å². The van der Waals surface area contributed by atoms with Crippen LogP contribution < -0.4 is 5.32 Å². The van der Waals surface area contributed by atoms with Crippen molar-refractivity contribution in [1.29, 1.82) is 5.26 Å². The van der Waals surface area contributed by atoms with Crippen molar-refractivity contribution in [3.05, 3.63) is 0 Å². The second kappa shape index (κ2) is 11.0. The molecule has 0 aromatic carbocycles. The Bertz CT molecular complexity index is 182. The predicted molar refractivity (Wildman–Crippen MR) is 70.2 cm³/mol. The van der Waals surface area contributed by atoms with Gasteiger partial charge in [-0.05, 0) is 25.3 Å². The fourth-order valence-electron chi connectivity index (χ4n) is 1.81. The first-order valence-electron chi connectivity index (χ1n) is 6.81. The lowest BCUT2D eigenvalue weighted by Crippen LogP contribution is -2.28. The van der Waals surface area contributed by atoms with Crippen molar-refractivity contribution in [2.24, 2.45) is 5.92 Å². The Hall–Kier alpha value is -0.550. The molecule has 16 heavy (non-hydrogen) atoms. The first-order chi connectivity index (χ1) is 7.70. The van der Waals surface area contributed by atoms with E-state index in [1.54, 1.807) is 0 Å². The molecule has 2 nitrogen and oxygen atoms in total. The van der Waals surface area contributed by atoms with Crippen LogP contribution in [0.1, 0.15) is 65.7 Å². The fraction of sp³-hybridized carbons (Fsp3) is 0.929. The molecule has 0 aliphatic heterocycles. The highest BCUT2D eigenvalue weighted by Gasteiger charge is 2.03. The van der Waals surface area contributed by atoms with Gasteiger partial charge >= 0.3 is 0 Å². The molecule has 0 bridgehead atoms. The third-order valence-electron chi connectivity index (χ3n) is 2.97. The zero-order chi connectivity index (χ0) is 12.2. The standard InChI is InChI=1S/C14H28N2/c1-4-14(10-11-15)16-12-8-6-5-7-9-13(2)3/h13-14,16H,4-10,12H2,1-3H3. The molecule has 0 heterocycles. The average Bonchev–Trinajstić information content (AvgIpc) is 2.26. The smallest absolute Gasteiger partial charge is 0.0638 e. The molecule has 0 saturated carbocycles. The zero-order valence-corrected chi connectivity index (χ0v) is 11.3. The monoisotopic (exact) mass is 224 g/mol. The van der Waals surface area contributed by atoms with Crippen LogP contribution in [0, 0.1) is 17.2 Å². The van der Waals surface area contributed by atoms with Gasteiger partial charge in [0.1, 0.15) is 0 Å². The van der Waals surface area contributed by atoms with E-state index < -0.39 is 0 Å². The van der Waals surface area contributed by atoms with Crippen LogP contribution in [0.4, 0.5) is 0 Å². The summed E-state index contributed by atoms with van der Waals surface area (Å²) in [5.74, 6) is 0.846. The molecule has 94 valence electrons. The minimum absolute atomic E-state index is 0.403. The van der Waals surface area contributed by atoms with E-state index in [1.807, 2.05) is 0 Å². The number of rotatable bonds is 10. The number of hydrogen-bond donors (Lipinski definition) is 1. The van der Waals surface area contributed by atoms with Crippen molar-refractivity contribution >= 4 is 0 Å². The molecule has 0 fully saturated rings. The Morgan fingerprint density at radius 1 is 1.12 bits per heavy atom. The number of nitriles is 1. The van der Waals surface area contributed by atoms with E-state index in [-0.39, 0.29) is 0 Å². The first-order valence-corrected chi connectivity index (χ1v) is 6.81. The zero-order valence-electron chi connectivity index (χ0n) is 11.3. The largest absolute Gasteiger partial charge is 0.313 e. The van der Waals surface area contributed by atoms with Crippen LogP contribution in [0.3, 0.4) is 0 Å². The van der Waals surface area contributed by atoms with E-state index in [2.05, 4.69) is 32.2 Å².